The first kappa shape index (κ1) is 15.6. The topological polar surface area (TPSA) is 75.4 Å². The molecule has 7 heteroatoms. The van der Waals surface area contributed by atoms with Gasteiger partial charge in [0, 0.05) is 18.0 Å². The van der Waals surface area contributed by atoms with E-state index in [1.807, 2.05) is 0 Å². The Morgan fingerprint density at radius 3 is 2.61 bits per heavy atom. The quantitative estimate of drug-likeness (QED) is 0.708. The van der Waals surface area contributed by atoms with E-state index in [-0.39, 0.29) is 12.2 Å². The van der Waals surface area contributed by atoms with Crippen molar-refractivity contribution < 1.29 is 19.1 Å². The number of carboxylic acids is 1. The third-order valence-corrected chi connectivity index (χ3v) is 4.38. The van der Waals surface area contributed by atoms with Crippen LogP contribution in [0.3, 0.4) is 0 Å². The number of hydrogen-bond donors (Lipinski definition) is 0. The Hall–Kier alpha value is -2.31. The van der Waals surface area contributed by atoms with E-state index in [0.29, 0.717) is 21.7 Å². The molecule has 5 nitrogen and oxygen atoms in total. The lowest BCUT2D eigenvalue weighted by Gasteiger charge is -2.00. The summed E-state index contributed by atoms with van der Waals surface area (Å²) in [6.07, 6.45) is -0.353. The van der Waals surface area contributed by atoms with Crippen LogP contribution in [0.2, 0.25) is 4.34 Å². The van der Waals surface area contributed by atoms with Gasteiger partial charge in [0.1, 0.15) is 17.2 Å². The number of aromatic nitrogens is 1. The van der Waals surface area contributed by atoms with Crippen LogP contribution in [0, 0.1) is 0 Å². The molecule has 0 saturated carbocycles. The standard InChI is InChI=1S/C16H12ClNO4S/c1-21-10-4-2-9(3-5-10)16-18-15(11(22-16)8-14(19)20)12-6-7-13(17)23-12/h2-7H,8H2,1H3,(H,19,20)/p-1. The largest absolute Gasteiger partial charge is 0.550 e. The van der Waals surface area contributed by atoms with E-state index >= 15 is 0 Å². The molecule has 0 aliphatic heterocycles. The van der Waals surface area contributed by atoms with Crippen LogP contribution in [0.5, 0.6) is 5.75 Å². The summed E-state index contributed by atoms with van der Waals surface area (Å²) in [4.78, 5) is 16.1. The number of oxazole rings is 1. The molecule has 1 aromatic carbocycles. The zero-order chi connectivity index (χ0) is 16.4. The van der Waals surface area contributed by atoms with Crippen LogP contribution in [-0.2, 0) is 11.2 Å². The Labute approximate surface area is 141 Å². The van der Waals surface area contributed by atoms with E-state index in [4.69, 9.17) is 20.8 Å². The van der Waals surface area contributed by atoms with Gasteiger partial charge in [0.15, 0.2) is 0 Å². The van der Waals surface area contributed by atoms with Gasteiger partial charge in [0.05, 0.1) is 16.3 Å². The smallest absolute Gasteiger partial charge is 0.226 e. The normalized spacial score (nSPS) is 10.7. The summed E-state index contributed by atoms with van der Waals surface area (Å²) in [5.41, 5.74) is 1.19. The zero-order valence-electron chi connectivity index (χ0n) is 12.0. The second-order valence-electron chi connectivity index (χ2n) is 4.67. The number of hydrogen-bond acceptors (Lipinski definition) is 6. The molecule has 3 aromatic rings. The van der Waals surface area contributed by atoms with Crippen LogP contribution in [0.1, 0.15) is 5.76 Å². The maximum absolute atomic E-state index is 10.9. The van der Waals surface area contributed by atoms with Crippen LogP contribution in [0.25, 0.3) is 22.0 Å². The summed E-state index contributed by atoms with van der Waals surface area (Å²) in [6, 6.07) is 10.6. The molecule has 0 aliphatic carbocycles. The zero-order valence-corrected chi connectivity index (χ0v) is 13.6. The molecule has 0 atom stereocenters. The molecule has 0 spiro atoms. The Morgan fingerprint density at radius 1 is 1.30 bits per heavy atom. The van der Waals surface area contributed by atoms with Gasteiger partial charge in [-0.25, -0.2) is 4.98 Å². The number of carbonyl (C=O) groups is 1. The number of aliphatic carboxylic acids is 1. The first-order chi connectivity index (χ1) is 11.1. The van der Waals surface area contributed by atoms with Crippen LogP contribution in [0.4, 0.5) is 0 Å². The average Bonchev–Trinajstić information content (AvgIpc) is 3.13. The highest BCUT2D eigenvalue weighted by atomic mass is 35.5. The molecule has 2 aromatic heterocycles. The highest BCUT2D eigenvalue weighted by molar-refractivity contribution is 7.19. The molecule has 2 heterocycles. The van der Waals surface area contributed by atoms with Crippen LogP contribution in [0.15, 0.2) is 40.8 Å². The molecule has 0 fully saturated rings. The van der Waals surface area contributed by atoms with Gasteiger partial charge in [-0.15, -0.1) is 11.3 Å². The first-order valence-corrected chi connectivity index (χ1v) is 7.86. The molecular weight excluding hydrogens is 338 g/mol. The summed E-state index contributed by atoms with van der Waals surface area (Å²) in [5, 5.41) is 10.9. The molecule has 0 amide bonds. The lowest BCUT2D eigenvalue weighted by molar-refractivity contribution is -0.305. The second-order valence-corrected chi connectivity index (χ2v) is 6.39. The highest BCUT2D eigenvalue weighted by Crippen LogP contribution is 2.35. The number of halogens is 1. The van der Waals surface area contributed by atoms with Crippen molar-refractivity contribution >= 4 is 28.9 Å². The molecule has 0 saturated heterocycles. The van der Waals surface area contributed by atoms with E-state index in [1.54, 1.807) is 43.5 Å². The van der Waals surface area contributed by atoms with Crippen molar-refractivity contribution in [2.45, 2.75) is 6.42 Å². The molecule has 0 N–H and O–H groups in total. The van der Waals surface area contributed by atoms with Crippen molar-refractivity contribution in [2.24, 2.45) is 0 Å². The average molecular weight is 349 g/mol. The van der Waals surface area contributed by atoms with Crippen molar-refractivity contribution in [3.63, 3.8) is 0 Å². The fourth-order valence-corrected chi connectivity index (χ4v) is 3.14. The number of methoxy groups -OCH3 is 1. The van der Waals surface area contributed by atoms with Crippen molar-refractivity contribution in [1.29, 1.82) is 0 Å². The van der Waals surface area contributed by atoms with Crippen molar-refractivity contribution in [3.05, 3.63) is 46.5 Å². The SMILES string of the molecule is COc1ccc(-c2nc(-c3ccc(Cl)s3)c(CC(=O)[O-])o2)cc1. The maximum Gasteiger partial charge on any atom is 0.226 e. The van der Waals surface area contributed by atoms with Crippen molar-refractivity contribution in [2.75, 3.05) is 7.11 Å². The molecule has 0 unspecified atom stereocenters. The van der Waals surface area contributed by atoms with Crippen molar-refractivity contribution in [3.8, 4) is 27.8 Å². The number of carboxylic acid groups (broad SMARTS) is 1. The molecule has 23 heavy (non-hydrogen) atoms. The molecule has 0 radical (unpaired) electrons. The van der Waals surface area contributed by atoms with E-state index < -0.39 is 5.97 Å². The molecule has 3 rings (SSSR count). The number of carbonyl (C=O) groups excluding carboxylic acids is 1. The Morgan fingerprint density at radius 2 is 2.04 bits per heavy atom. The summed E-state index contributed by atoms with van der Waals surface area (Å²) >= 11 is 7.25. The molecule has 0 aliphatic rings. The fourth-order valence-electron chi connectivity index (χ4n) is 2.09. The predicted octanol–water partition coefficient (Wildman–Crippen LogP) is 3.02. The van der Waals surface area contributed by atoms with Gasteiger partial charge in [-0.05, 0) is 36.4 Å². The third-order valence-electron chi connectivity index (χ3n) is 3.15. The summed E-state index contributed by atoms with van der Waals surface area (Å²) in [7, 11) is 1.58. The molecule has 0 bridgehead atoms. The van der Waals surface area contributed by atoms with E-state index in [1.165, 1.54) is 11.3 Å². The monoisotopic (exact) mass is 348 g/mol. The van der Waals surface area contributed by atoms with Gasteiger partial charge in [-0.2, -0.15) is 0 Å². The maximum atomic E-state index is 10.9. The minimum absolute atomic E-state index is 0.245. The van der Waals surface area contributed by atoms with E-state index in [2.05, 4.69) is 4.98 Å². The third kappa shape index (κ3) is 3.38. The number of ether oxygens (including phenoxy) is 1. The van der Waals surface area contributed by atoms with Crippen LogP contribution < -0.4 is 9.84 Å². The van der Waals surface area contributed by atoms with Crippen molar-refractivity contribution in [1.82, 2.24) is 4.98 Å². The number of thiophene rings is 1. The summed E-state index contributed by atoms with van der Waals surface area (Å²) in [5.74, 6) is 0.0598. The lowest BCUT2D eigenvalue weighted by atomic mass is 10.2. The first-order valence-electron chi connectivity index (χ1n) is 6.66. The number of benzene rings is 1. The van der Waals surface area contributed by atoms with E-state index in [0.717, 1.165) is 10.4 Å². The minimum atomic E-state index is -1.23. The number of nitrogens with zero attached hydrogens (tertiary/aromatic N) is 1. The molecular formula is C16H11ClNO4S-. The Bertz CT molecular complexity index is 838. The van der Waals surface area contributed by atoms with Gasteiger partial charge in [-0.1, -0.05) is 11.6 Å². The minimum Gasteiger partial charge on any atom is -0.550 e. The number of rotatable bonds is 5. The summed E-state index contributed by atoms with van der Waals surface area (Å²) < 4.78 is 11.3. The van der Waals surface area contributed by atoms with Gasteiger partial charge in [0.25, 0.3) is 0 Å². The highest BCUT2D eigenvalue weighted by Gasteiger charge is 2.18. The van der Waals surface area contributed by atoms with Crippen LogP contribution >= 0.6 is 22.9 Å². The summed E-state index contributed by atoms with van der Waals surface area (Å²) in [6.45, 7) is 0. The predicted molar refractivity (Wildman–Crippen MR) is 85.5 cm³/mol. The Balaban J connectivity index is 2.04. The van der Waals surface area contributed by atoms with Gasteiger partial charge in [0.2, 0.25) is 5.89 Å². The van der Waals surface area contributed by atoms with Gasteiger partial charge < -0.3 is 19.1 Å². The van der Waals surface area contributed by atoms with Crippen LogP contribution in [-0.4, -0.2) is 18.1 Å². The van der Waals surface area contributed by atoms with Gasteiger partial charge in [-0.3, -0.25) is 0 Å². The fraction of sp³-hybridized carbons (Fsp3) is 0.125. The second kappa shape index (κ2) is 6.44. The lowest BCUT2D eigenvalue weighted by Crippen LogP contribution is -2.24. The van der Waals surface area contributed by atoms with E-state index in [9.17, 15) is 9.90 Å². The van der Waals surface area contributed by atoms with Gasteiger partial charge >= 0.3 is 0 Å². The molecule has 118 valence electrons. The Kier molecular flexibility index (Phi) is 4.36.